The first-order valence-electron chi connectivity index (χ1n) is 5.16. The fraction of sp³-hybridized carbons (Fsp3) is 0.273. The molecule has 3 nitrogen and oxygen atoms in total. The van der Waals surface area contributed by atoms with Crippen LogP contribution in [0.5, 0.6) is 5.75 Å². The van der Waals surface area contributed by atoms with E-state index in [1.807, 2.05) is 25.1 Å². The summed E-state index contributed by atoms with van der Waals surface area (Å²) in [6.45, 7) is 2.56. The van der Waals surface area contributed by atoms with Gasteiger partial charge in [0.1, 0.15) is 10.8 Å². The van der Waals surface area contributed by atoms with E-state index in [0.717, 1.165) is 25.3 Å². The van der Waals surface area contributed by atoms with Crippen molar-refractivity contribution in [2.75, 3.05) is 12.4 Å². The second kappa shape index (κ2) is 6.75. The standard InChI is InChI=1S/C11H10BrClN2OS2/c1-7-14-15-11(18-7)17-5-4-16-10-3-2-8(13)6-9(10)12/h2-3,6H,4-5H2,1H3. The summed E-state index contributed by atoms with van der Waals surface area (Å²) in [7, 11) is 0. The predicted molar refractivity (Wildman–Crippen MR) is 80.0 cm³/mol. The lowest BCUT2D eigenvalue weighted by molar-refractivity contribution is 0.342. The van der Waals surface area contributed by atoms with E-state index < -0.39 is 0 Å². The van der Waals surface area contributed by atoms with Crippen molar-refractivity contribution < 1.29 is 4.74 Å². The van der Waals surface area contributed by atoms with Crippen molar-refractivity contribution in [3.63, 3.8) is 0 Å². The number of nitrogens with zero attached hydrogens (tertiary/aromatic N) is 2. The van der Waals surface area contributed by atoms with Crippen LogP contribution < -0.4 is 4.74 Å². The van der Waals surface area contributed by atoms with Crippen molar-refractivity contribution in [1.29, 1.82) is 0 Å². The zero-order chi connectivity index (χ0) is 13.0. The van der Waals surface area contributed by atoms with E-state index in [2.05, 4.69) is 26.1 Å². The topological polar surface area (TPSA) is 35.0 Å². The molecule has 0 bridgehead atoms. The summed E-state index contributed by atoms with van der Waals surface area (Å²) in [4.78, 5) is 0. The maximum Gasteiger partial charge on any atom is 0.174 e. The van der Waals surface area contributed by atoms with Gasteiger partial charge in [0.05, 0.1) is 11.1 Å². The van der Waals surface area contributed by atoms with Crippen LogP contribution in [0.1, 0.15) is 5.01 Å². The van der Waals surface area contributed by atoms with Gasteiger partial charge in [0, 0.05) is 10.8 Å². The first-order chi connectivity index (χ1) is 8.65. The van der Waals surface area contributed by atoms with Gasteiger partial charge in [0.25, 0.3) is 0 Å². The molecule has 1 aromatic carbocycles. The maximum atomic E-state index is 5.86. The molecule has 2 rings (SSSR count). The van der Waals surface area contributed by atoms with E-state index in [1.165, 1.54) is 0 Å². The van der Waals surface area contributed by atoms with Crippen LogP contribution in [0, 0.1) is 6.92 Å². The monoisotopic (exact) mass is 364 g/mol. The lowest BCUT2D eigenvalue weighted by Crippen LogP contribution is -2.00. The number of rotatable bonds is 5. The molecule has 0 unspecified atom stereocenters. The summed E-state index contributed by atoms with van der Waals surface area (Å²) in [6, 6.07) is 5.48. The molecule has 0 atom stereocenters. The maximum absolute atomic E-state index is 5.86. The van der Waals surface area contributed by atoms with Gasteiger partial charge in [-0.1, -0.05) is 34.7 Å². The number of thioether (sulfide) groups is 1. The zero-order valence-electron chi connectivity index (χ0n) is 9.52. The van der Waals surface area contributed by atoms with Gasteiger partial charge in [0.2, 0.25) is 0 Å². The number of hydrogen-bond donors (Lipinski definition) is 0. The van der Waals surface area contributed by atoms with Crippen molar-refractivity contribution in [2.45, 2.75) is 11.3 Å². The average Bonchev–Trinajstić information content (AvgIpc) is 2.73. The van der Waals surface area contributed by atoms with Gasteiger partial charge in [-0.2, -0.15) is 0 Å². The van der Waals surface area contributed by atoms with E-state index in [1.54, 1.807) is 23.1 Å². The fourth-order valence-electron chi connectivity index (χ4n) is 1.21. The zero-order valence-corrected chi connectivity index (χ0v) is 13.5. The Hall–Kier alpha value is -0.300. The third-order valence-corrected chi connectivity index (χ3v) is 4.76. The molecular weight excluding hydrogens is 356 g/mol. The number of aromatic nitrogens is 2. The smallest absolute Gasteiger partial charge is 0.174 e. The highest BCUT2D eigenvalue weighted by Crippen LogP contribution is 2.28. The Kier molecular flexibility index (Phi) is 5.29. The van der Waals surface area contributed by atoms with Gasteiger partial charge < -0.3 is 4.74 Å². The minimum atomic E-state index is 0.615. The third kappa shape index (κ3) is 4.12. The van der Waals surface area contributed by atoms with Crippen LogP contribution >= 0.6 is 50.6 Å². The van der Waals surface area contributed by atoms with Gasteiger partial charge in [0.15, 0.2) is 4.34 Å². The largest absolute Gasteiger partial charge is 0.492 e. The van der Waals surface area contributed by atoms with Crippen LogP contribution in [0.3, 0.4) is 0 Å². The summed E-state index contributed by atoms with van der Waals surface area (Å²) < 4.78 is 7.50. The highest BCUT2D eigenvalue weighted by Gasteiger charge is 2.03. The Morgan fingerprint density at radius 2 is 2.28 bits per heavy atom. The highest BCUT2D eigenvalue weighted by molar-refractivity contribution is 9.10. The normalized spacial score (nSPS) is 10.6. The molecule has 0 spiro atoms. The fourth-order valence-corrected chi connectivity index (χ4v) is 3.71. The number of benzene rings is 1. The summed E-state index contributed by atoms with van der Waals surface area (Å²) in [5, 5.41) is 9.67. The second-order valence-corrected chi connectivity index (χ2v) is 7.17. The van der Waals surface area contributed by atoms with Gasteiger partial charge in [-0.25, -0.2) is 0 Å². The van der Waals surface area contributed by atoms with E-state index in [9.17, 15) is 0 Å². The lowest BCUT2D eigenvalue weighted by Gasteiger charge is -2.07. The average molecular weight is 366 g/mol. The first kappa shape index (κ1) is 14.1. The minimum absolute atomic E-state index is 0.615. The molecule has 0 radical (unpaired) electrons. The van der Waals surface area contributed by atoms with Gasteiger partial charge in [-0.3, -0.25) is 0 Å². The molecule has 0 aliphatic rings. The van der Waals surface area contributed by atoms with Crippen LogP contribution in [0.4, 0.5) is 0 Å². The number of halogens is 2. The summed E-state index contributed by atoms with van der Waals surface area (Å²) in [5.74, 6) is 1.64. The first-order valence-corrected chi connectivity index (χ1v) is 8.13. The molecule has 7 heteroatoms. The van der Waals surface area contributed by atoms with Crippen LogP contribution in [0.15, 0.2) is 27.0 Å². The van der Waals surface area contributed by atoms with Crippen molar-refractivity contribution in [2.24, 2.45) is 0 Å². The van der Waals surface area contributed by atoms with E-state index in [-0.39, 0.29) is 0 Å². The molecule has 1 heterocycles. The third-order valence-electron chi connectivity index (χ3n) is 1.97. The van der Waals surface area contributed by atoms with Gasteiger partial charge >= 0.3 is 0 Å². The molecule has 0 N–H and O–H groups in total. The van der Waals surface area contributed by atoms with Gasteiger partial charge in [-0.15, -0.1) is 10.2 Å². The molecule has 96 valence electrons. The van der Waals surface area contributed by atoms with Crippen molar-refractivity contribution in [3.05, 3.63) is 32.7 Å². The van der Waals surface area contributed by atoms with Crippen LogP contribution in [0.2, 0.25) is 5.02 Å². The molecule has 0 amide bonds. The Morgan fingerprint density at radius 3 is 2.94 bits per heavy atom. The molecule has 18 heavy (non-hydrogen) atoms. The Morgan fingerprint density at radius 1 is 1.44 bits per heavy atom. The molecule has 2 aromatic rings. The number of hydrogen-bond acceptors (Lipinski definition) is 5. The minimum Gasteiger partial charge on any atom is -0.492 e. The quantitative estimate of drug-likeness (QED) is 0.580. The molecule has 0 fully saturated rings. The lowest BCUT2D eigenvalue weighted by atomic mass is 10.3. The molecule has 0 aliphatic heterocycles. The van der Waals surface area contributed by atoms with Crippen molar-refractivity contribution >= 4 is 50.6 Å². The van der Waals surface area contributed by atoms with E-state index in [0.29, 0.717) is 11.6 Å². The number of ether oxygens (including phenoxy) is 1. The molecular formula is C11H10BrClN2OS2. The molecule has 0 aliphatic carbocycles. The Bertz CT molecular complexity index is 536. The van der Waals surface area contributed by atoms with E-state index >= 15 is 0 Å². The molecule has 1 aromatic heterocycles. The van der Waals surface area contributed by atoms with Crippen molar-refractivity contribution in [1.82, 2.24) is 10.2 Å². The summed E-state index contributed by atoms with van der Waals surface area (Å²) >= 11 is 12.5. The molecule has 0 saturated heterocycles. The summed E-state index contributed by atoms with van der Waals surface area (Å²) in [6.07, 6.45) is 0. The van der Waals surface area contributed by atoms with Gasteiger partial charge in [-0.05, 0) is 41.1 Å². The van der Waals surface area contributed by atoms with E-state index in [4.69, 9.17) is 16.3 Å². The van der Waals surface area contributed by atoms with Crippen molar-refractivity contribution in [3.8, 4) is 5.75 Å². The van der Waals surface area contributed by atoms with Crippen LogP contribution in [-0.2, 0) is 0 Å². The second-order valence-electron chi connectivity index (χ2n) is 3.36. The number of aryl methyl sites for hydroxylation is 1. The summed E-state index contributed by atoms with van der Waals surface area (Å²) in [5.41, 5.74) is 0. The highest BCUT2D eigenvalue weighted by atomic mass is 79.9. The SMILES string of the molecule is Cc1nnc(SCCOc2ccc(Cl)cc2Br)s1. The predicted octanol–water partition coefficient (Wildman–Crippen LogP) is 4.43. The Labute approximate surface area is 127 Å². The van der Waals surface area contributed by atoms with Crippen LogP contribution in [0.25, 0.3) is 0 Å². The van der Waals surface area contributed by atoms with Crippen LogP contribution in [-0.4, -0.2) is 22.6 Å². The molecule has 0 saturated carbocycles. The Balaban J connectivity index is 1.78.